The van der Waals surface area contributed by atoms with Crippen molar-refractivity contribution in [2.24, 2.45) is 88.8 Å². The van der Waals surface area contributed by atoms with E-state index < -0.39 is 36.0 Å². The third kappa shape index (κ3) is 33.9. The summed E-state index contributed by atoms with van der Waals surface area (Å²) in [4.78, 5) is 113. The quantitative estimate of drug-likeness (QED) is 0.0128. The summed E-state index contributed by atoms with van der Waals surface area (Å²) in [5.41, 5.74) is 11.4. The molecule has 0 amide bonds. The molecule has 10 aliphatic rings. The molecule has 10 aliphatic carbocycles. The Hall–Kier alpha value is -10.6. The number of carbonyl (C=O) groups excluding carboxylic acids is 5. The van der Waals surface area contributed by atoms with E-state index in [4.69, 9.17) is 77.6 Å². The summed E-state index contributed by atoms with van der Waals surface area (Å²) >= 11 is 0. The molecule has 0 bridgehead atoms. The molecule has 32 nitrogen and oxygen atoms in total. The van der Waals surface area contributed by atoms with Crippen molar-refractivity contribution in [1.82, 2.24) is 0 Å². The lowest BCUT2D eigenvalue weighted by molar-refractivity contribution is -0.155. The lowest BCUT2D eigenvalue weighted by Crippen LogP contribution is -2.29. The van der Waals surface area contributed by atoms with Crippen LogP contribution in [0.1, 0.15) is 285 Å². The number of fused-ring (bicyclic) bond motifs is 10. The monoisotopic (exact) mass is 2100 g/mol. The molecule has 25 atom stereocenters. The van der Waals surface area contributed by atoms with E-state index in [1.165, 1.54) is 34.9 Å². The Bertz CT molecular complexity index is 4940. The number of benzene rings is 5. The summed E-state index contributed by atoms with van der Waals surface area (Å²) in [6.07, 6.45) is 24.7. The highest BCUT2D eigenvalue weighted by atomic mass is 16.7. The zero-order valence-corrected chi connectivity index (χ0v) is 89.5. The van der Waals surface area contributed by atoms with Gasteiger partial charge >= 0.3 is 59.9 Å². The van der Waals surface area contributed by atoms with Crippen molar-refractivity contribution in [3.8, 4) is 28.7 Å². The number of aliphatic hydroxyl groups is 5. The molecule has 5 aromatic rings. The van der Waals surface area contributed by atoms with Gasteiger partial charge in [-0.05, 0) is 387 Å². The van der Waals surface area contributed by atoms with Crippen molar-refractivity contribution in [2.75, 3.05) is 53.4 Å². The number of hydrogen-bond donors (Lipinski definition) is 10. The number of methoxy groups -OCH3 is 1. The summed E-state index contributed by atoms with van der Waals surface area (Å²) in [7, 11) is 1.30. The van der Waals surface area contributed by atoms with Crippen LogP contribution >= 0.6 is 0 Å². The molecule has 0 aromatic heterocycles. The van der Waals surface area contributed by atoms with Gasteiger partial charge in [-0.25, -0.2) is 33.6 Å². The van der Waals surface area contributed by atoms with Gasteiger partial charge in [0.1, 0.15) is 65.9 Å². The van der Waals surface area contributed by atoms with Crippen LogP contribution in [0.15, 0.2) is 91.0 Å². The first-order valence-electron chi connectivity index (χ1n) is 55.4. The molecule has 830 valence electrons. The van der Waals surface area contributed by atoms with Crippen LogP contribution < -0.4 is 23.7 Å². The maximum Gasteiger partial charge on any atom is 0.508 e. The van der Waals surface area contributed by atoms with Gasteiger partial charge in [0.15, 0.2) is 33.0 Å². The van der Waals surface area contributed by atoms with Gasteiger partial charge in [0, 0.05) is 25.9 Å². The lowest BCUT2D eigenvalue weighted by atomic mass is 9.73. The first-order valence-corrected chi connectivity index (χ1v) is 55.4. The van der Waals surface area contributed by atoms with Crippen molar-refractivity contribution < 1.29 is 156 Å². The Balaban J connectivity index is 0.000000178. The zero-order chi connectivity index (χ0) is 108. The molecule has 5 saturated carbocycles. The molecule has 0 radical (unpaired) electrons. The van der Waals surface area contributed by atoms with Gasteiger partial charge in [0.25, 0.3) is 0 Å². The molecule has 0 aliphatic heterocycles. The molecule has 5 aromatic carbocycles. The van der Waals surface area contributed by atoms with Crippen LogP contribution in [0.2, 0.25) is 0 Å². The number of esters is 4. The van der Waals surface area contributed by atoms with E-state index in [-0.39, 0.29) is 154 Å². The fourth-order valence-corrected chi connectivity index (χ4v) is 25.9. The van der Waals surface area contributed by atoms with E-state index in [0.29, 0.717) is 127 Å². The van der Waals surface area contributed by atoms with Crippen molar-refractivity contribution >= 4 is 59.9 Å². The van der Waals surface area contributed by atoms with Crippen molar-refractivity contribution in [3.63, 3.8) is 0 Å². The fourth-order valence-electron chi connectivity index (χ4n) is 25.9. The Kier molecular flexibility index (Phi) is 47.5. The van der Waals surface area contributed by atoms with Gasteiger partial charge in [-0.15, -0.1) is 0 Å². The summed E-state index contributed by atoms with van der Waals surface area (Å²) in [6.45, 7) is 16.5. The maximum atomic E-state index is 12.0. The number of rotatable bonds is 49. The second-order valence-corrected chi connectivity index (χ2v) is 42.8. The zero-order valence-electron chi connectivity index (χ0n) is 89.5. The number of aliphatic carboxylic acids is 5. The summed E-state index contributed by atoms with van der Waals surface area (Å²) < 4.78 is 64.8. The molecule has 150 heavy (non-hydrogen) atoms. The second-order valence-electron chi connectivity index (χ2n) is 42.8. The highest BCUT2D eigenvalue weighted by molar-refractivity contribution is 5.73. The standard InChI is InChI=1S/C25H36O6.C24H34O7.C24H34O6.C23H32O6.C22H30O7/c1-3-5-9-25(29)31-18(4-2)10-11-19-20-12-16-7-6-8-23(30-15-24(27)28)21(16)13-17(20)14-22(19)26;1-3-17(31-24(28)14-29-4-2)8-9-18-19-10-15-6-5-7-22(30-13-23(26)27)20(15)11-16(19)12-21(18)25;1-3-6-24(28)30-17(4-2)9-10-18-19-11-15-7-5-8-22(29-14-23(26)27)20(15)12-16(19)13-21(18)25;1-3-16(29-23(27)4-2)8-9-17-18-10-14-6-5-7-21(28-13-22(25)26)19(14)11-15(18)12-20(17)24;1-3-15(29-22(26)27-2)7-8-16-17-9-13-5-4-6-20(28-12-21(24)25)18(13)10-14(17)11-19(16)23/h6-8,17-20,22,26H,3-5,9-15H2,1-2H3,(H,27,28);5-7,16-19,21,25H,3-4,8-14H2,1-2H3,(H,26,27);5,7-8,16-19,21,25H,3-4,6,9-14H2,1-2H3,(H,26,27);5-7,15-18,20,24H,3-4,8-13H2,1-2H3,(H,25,26);4-6,14-17,19,23H,3,7-12H2,1-2H3,(H,24,25)/t17-,18-,19+,20-,22+;2*16-,17-,18+,19-,21+;15-,16-,17+,18-,20+;14-,15-,16+,17-,19+/m00000/s1. The van der Waals surface area contributed by atoms with Crippen molar-refractivity contribution in [3.05, 3.63) is 147 Å². The van der Waals surface area contributed by atoms with Gasteiger partial charge in [-0.3, -0.25) is 14.4 Å². The van der Waals surface area contributed by atoms with Crippen LogP contribution in [0, 0.1) is 88.8 Å². The van der Waals surface area contributed by atoms with Crippen LogP contribution in [0.4, 0.5) is 4.79 Å². The number of carbonyl (C=O) groups is 10. The molecule has 32 heteroatoms. The molecular formula is C118H166O32. The third-order valence-corrected chi connectivity index (χ3v) is 33.4. The number of carboxylic acids is 5. The van der Waals surface area contributed by atoms with E-state index in [1.54, 1.807) is 6.92 Å². The summed E-state index contributed by atoms with van der Waals surface area (Å²) in [5.74, 6) is 2.21. The SMILES string of the molecule is CCC(=O)O[C@@H](CC)CC[C@@H]1[C@H]2Cc3cccc(OCC(=O)O)c3C[C@H]2C[C@H]1O.CCCC(=O)O[C@@H](CC)CC[C@@H]1[C@H]2Cc3cccc(OCC(=O)O)c3C[C@H]2C[C@H]1O.CCCCC(=O)O[C@@H](CC)CC[C@@H]1[C@H]2Cc3cccc(OCC(=O)O)c3C[C@H]2C[C@H]1O.CCOCC(=O)O[C@@H](CC)CC[C@@H]1[C@H]2Cc3cccc(OCC(=O)O)c3C[C@H]2C[C@H]1O.CC[C@@H](CC[C@@H]1[C@H]2Cc3cccc(OCC(=O)O)c3C[C@H]2C[C@H]1O)OC(=O)OC. The smallest absolute Gasteiger partial charge is 0.482 e. The molecule has 5 fully saturated rings. The Morgan fingerprint density at radius 3 is 0.753 bits per heavy atom. The summed E-state index contributed by atoms with van der Waals surface area (Å²) in [6, 6.07) is 29.1. The second kappa shape index (κ2) is 59.6. The average molecular weight is 2100 g/mol. The van der Waals surface area contributed by atoms with Gasteiger partial charge in [-0.1, -0.05) is 122 Å². The number of ether oxygens (including phenoxy) is 12. The molecule has 0 heterocycles. The Morgan fingerprint density at radius 2 is 0.533 bits per heavy atom. The van der Waals surface area contributed by atoms with Crippen molar-refractivity contribution in [1.29, 1.82) is 0 Å². The maximum absolute atomic E-state index is 12.0. The summed E-state index contributed by atoms with van der Waals surface area (Å²) in [5, 5.41) is 98.4. The number of aliphatic hydroxyl groups excluding tert-OH is 5. The normalized spacial score (nSPS) is 25.8. The fraction of sp³-hybridized carbons (Fsp3) is 0.661. The molecule has 0 spiro atoms. The average Bonchev–Trinajstić information content (AvgIpc) is 1.64. The molecule has 15 rings (SSSR count). The highest BCUT2D eigenvalue weighted by Gasteiger charge is 2.51. The van der Waals surface area contributed by atoms with Gasteiger partial charge in [0.05, 0.1) is 37.6 Å². The highest BCUT2D eigenvalue weighted by Crippen LogP contribution is 2.55. The van der Waals surface area contributed by atoms with Crippen LogP contribution in [0.3, 0.4) is 0 Å². The van der Waals surface area contributed by atoms with Gasteiger partial charge in [-0.2, -0.15) is 0 Å². The third-order valence-electron chi connectivity index (χ3n) is 33.4. The van der Waals surface area contributed by atoms with E-state index in [2.05, 4.69) is 42.0 Å². The number of unbranched alkanes of at least 4 members (excludes halogenated alkanes) is 1. The number of carboxylic acid groups (broad SMARTS) is 5. The topological polar surface area (TPSA) is 484 Å². The minimum Gasteiger partial charge on any atom is -0.482 e. The van der Waals surface area contributed by atoms with E-state index in [1.807, 2.05) is 109 Å². The largest absolute Gasteiger partial charge is 0.508 e. The molecule has 10 N–H and O–H groups in total. The van der Waals surface area contributed by atoms with Crippen LogP contribution in [-0.4, -0.2) is 225 Å². The predicted molar refractivity (Wildman–Crippen MR) is 556 cm³/mol. The minimum atomic E-state index is -0.993. The predicted octanol–water partition coefficient (Wildman–Crippen LogP) is 17.5. The van der Waals surface area contributed by atoms with E-state index in [0.717, 1.165) is 227 Å². The Labute approximate surface area is 883 Å². The molecular weight excluding hydrogens is 1930 g/mol. The first kappa shape index (κ1) is 120. The van der Waals surface area contributed by atoms with E-state index >= 15 is 0 Å². The lowest BCUT2D eigenvalue weighted by Gasteiger charge is -2.32. The molecule has 0 unspecified atom stereocenters. The minimum absolute atomic E-state index is 0.0210. The Morgan fingerprint density at radius 1 is 0.293 bits per heavy atom. The van der Waals surface area contributed by atoms with Crippen molar-refractivity contribution in [2.45, 2.75) is 355 Å². The van der Waals surface area contributed by atoms with Crippen LogP contribution in [-0.2, 0) is 141 Å². The number of hydrogen-bond acceptors (Lipinski definition) is 27. The van der Waals surface area contributed by atoms with Gasteiger partial charge < -0.3 is 108 Å². The van der Waals surface area contributed by atoms with E-state index in [9.17, 15) is 73.5 Å². The van der Waals surface area contributed by atoms with Crippen LogP contribution in [0.5, 0.6) is 28.7 Å². The van der Waals surface area contributed by atoms with Crippen LogP contribution in [0.25, 0.3) is 0 Å². The molecule has 0 saturated heterocycles. The van der Waals surface area contributed by atoms with Gasteiger partial charge in [0.2, 0.25) is 0 Å². The first-order chi connectivity index (χ1) is 72.1.